The molecule has 4 rings (SSSR count). The van der Waals surface area contributed by atoms with E-state index >= 15 is 0 Å². The van der Waals surface area contributed by atoms with Crippen LogP contribution >= 0.6 is 11.8 Å². The lowest BCUT2D eigenvalue weighted by molar-refractivity contribution is -0.121. The molecule has 1 fully saturated rings. The minimum absolute atomic E-state index is 0.0179. The van der Waals surface area contributed by atoms with Crippen LogP contribution in [0.3, 0.4) is 0 Å². The third-order valence-electron chi connectivity index (χ3n) is 5.03. The number of anilines is 2. The Kier molecular flexibility index (Phi) is 5.66. The lowest BCUT2D eigenvalue weighted by Crippen LogP contribution is -2.49. The summed E-state index contributed by atoms with van der Waals surface area (Å²) in [7, 11) is 1.76. The summed E-state index contributed by atoms with van der Waals surface area (Å²) < 4.78 is 0. The van der Waals surface area contributed by atoms with Gasteiger partial charge in [0.2, 0.25) is 11.8 Å². The van der Waals surface area contributed by atoms with Gasteiger partial charge in [-0.2, -0.15) is 0 Å². The Morgan fingerprint density at radius 1 is 1.24 bits per heavy atom. The number of thioether (sulfide) groups is 1. The van der Waals surface area contributed by atoms with Crippen molar-refractivity contribution in [2.24, 2.45) is 10.9 Å². The highest BCUT2D eigenvalue weighted by atomic mass is 32.2. The second kappa shape index (κ2) is 8.36. The first-order chi connectivity index (χ1) is 14.0. The normalized spacial score (nSPS) is 21.0. The van der Waals surface area contributed by atoms with Crippen LogP contribution in [0.15, 0.2) is 59.6 Å². The summed E-state index contributed by atoms with van der Waals surface area (Å²) >= 11 is 1.28. The molecule has 0 aliphatic carbocycles. The number of nitrogens with one attached hydrogen (secondary N) is 2. The first kappa shape index (κ1) is 19.6. The molecule has 2 unspecified atom stereocenters. The highest BCUT2D eigenvalue weighted by Crippen LogP contribution is 2.29. The SMILES string of the molecule is Cc1cccc(N(C)C(=O)CSC2=NC3NNCC3C(=O)N2c2ccccc2)c1. The van der Waals surface area contributed by atoms with Crippen molar-refractivity contribution < 1.29 is 9.59 Å². The Morgan fingerprint density at radius 2 is 2.03 bits per heavy atom. The molecule has 2 N–H and O–H groups in total. The smallest absolute Gasteiger partial charge is 0.241 e. The molecule has 1 saturated heterocycles. The molecule has 2 aromatic carbocycles. The van der Waals surface area contributed by atoms with Gasteiger partial charge in [0.05, 0.1) is 17.4 Å². The topological polar surface area (TPSA) is 77.0 Å². The first-order valence-corrected chi connectivity index (χ1v) is 10.4. The van der Waals surface area contributed by atoms with Crippen LogP contribution in [0.25, 0.3) is 0 Å². The predicted octanol–water partition coefficient (Wildman–Crippen LogP) is 2.14. The number of hydrazine groups is 1. The van der Waals surface area contributed by atoms with Gasteiger partial charge in [-0.1, -0.05) is 42.1 Å². The number of rotatable bonds is 4. The van der Waals surface area contributed by atoms with Gasteiger partial charge < -0.3 is 4.90 Å². The number of fused-ring (bicyclic) bond motifs is 1. The van der Waals surface area contributed by atoms with Crippen LogP contribution in [-0.4, -0.2) is 42.5 Å². The van der Waals surface area contributed by atoms with Crippen molar-refractivity contribution in [3.05, 3.63) is 60.2 Å². The van der Waals surface area contributed by atoms with Gasteiger partial charge in [-0.3, -0.25) is 19.9 Å². The second-order valence-corrected chi connectivity index (χ2v) is 8.02. The number of carbonyl (C=O) groups excluding carboxylic acids is 2. The van der Waals surface area contributed by atoms with E-state index < -0.39 is 0 Å². The Balaban J connectivity index is 1.53. The average molecular weight is 410 g/mol. The third kappa shape index (κ3) is 4.05. The quantitative estimate of drug-likeness (QED) is 0.809. The molecule has 2 amide bonds. The monoisotopic (exact) mass is 409 g/mol. The largest absolute Gasteiger partial charge is 0.315 e. The van der Waals surface area contributed by atoms with E-state index in [2.05, 4.69) is 10.9 Å². The summed E-state index contributed by atoms with van der Waals surface area (Å²) in [5.74, 6) is -0.144. The van der Waals surface area contributed by atoms with Gasteiger partial charge >= 0.3 is 0 Å². The van der Waals surface area contributed by atoms with Crippen molar-refractivity contribution in [3.63, 3.8) is 0 Å². The van der Waals surface area contributed by atoms with E-state index in [9.17, 15) is 9.59 Å². The van der Waals surface area contributed by atoms with Crippen molar-refractivity contribution in [1.82, 2.24) is 10.9 Å². The van der Waals surface area contributed by atoms with Crippen LogP contribution in [0.1, 0.15) is 5.56 Å². The van der Waals surface area contributed by atoms with Crippen LogP contribution in [0.5, 0.6) is 0 Å². The van der Waals surface area contributed by atoms with Crippen LogP contribution in [0.2, 0.25) is 0 Å². The summed E-state index contributed by atoms with van der Waals surface area (Å²) in [6.45, 7) is 2.53. The molecule has 8 heteroatoms. The molecule has 2 aliphatic rings. The van der Waals surface area contributed by atoms with E-state index in [1.807, 2.05) is 61.5 Å². The Bertz CT molecular complexity index is 949. The molecular formula is C21H23N5O2S. The molecule has 29 heavy (non-hydrogen) atoms. The fourth-order valence-corrected chi connectivity index (χ4v) is 4.35. The maximum absolute atomic E-state index is 13.1. The number of aryl methyl sites for hydroxylation is 1. The standard InChI is InChI=1S/C21H23N5O2S/c1-14-7-6-10-16(11-14)25(2)18(27)13-29-21-23-19-17(12-22-24-19)20(28)26(21)15-8-4-3-5-9-15/h3-11,17,19,22,24H,12-13H2,1-2H3. The van der Waals surface area contributed by atoms with Crippen LogP contribution in [0, 0.1) is 12.8 Å². The Morgan fingerprint density at radius 3 is 2.79 bits per heavy atom. The molecule has 2 aliphatic heterocycles. The molecule has 0 saturated carbocycles. The lowest BCUT2D eigenvalue weighted by Gasteiger charge is -2.32. The van der Waals surface area contributed by atoms with E-state index in [0.29, 0.717) is 11.7 Å². The molecule has 7 nitrogen and oxygen atoms in total. The average Bonchev–Trinajstić information content (AvgIpc) is 3.21. The fraction of sp³-hybridized carbons (Fsp3) is 0.286. The summed E-state index contributed by atoms with van der Waals surface area (Å²) in [4.78, 5) is 33.9. The minimum Gasteiger partial charge on any atom is -0.315 e. The zero-order chi connectivity index (χ0) is 20.4. The molecule has 2 aromatic rings. The predicted molar refractivity (Wildman–Crippen MR) is 117 cm³/mol. The number of para-hydroxylation sites is 1. The number of hydrogen-bond acceptors (Lipinski definition) is 6. The van der Waals surface area contributed by atoms with Gasteiger partial charge in [-0.25, -0.2) is 10.4 Å². The fourth-order valence-electron chi connectivity index (χ4n) is 3.39. The summed E-state index contributed by atoms with van der Waals surface area (Å²) in [5, 5.41) is 0.532. The van der Waals surface area contributed by atoms with Gasteiger partial charge in [-0.05, 0) is 36.8 Å². The van der Waals surface area contributed by atoms with Gasteiger partial charge in [0, 0.05) is 19.3 Å². The van der Waals surface area contributed by atoms with Crippen LogP contribution < -0.4 is 20.7 Å². The number of amidine groups is 1. The van der Waals surface area contributed by atoms with E-state index in [-0.39, 0.29) is 29.7 Å². The number of amides is 2. The lowest BCUT2D eigenvalue weighted by atomic mass is 10.1. The van der Waals surface area contributed by atoms with Gasteiger partial charge in [0.25, 0.3) is 0 Å². The van der Waals surface area contributed by atoms with Crippen molar-refractivity contribution >= 4 is 40.1 Å². The molecule has 0 spiro atoms. The van der Waals surface area contributed by atoms with Crippen molar-refractivity contribution in [1.29, 1.82) is 0 Å². The highest BCUT2D eigenvalue weighted by molar-refractivity contribution is 8.14. The zero-order valence-corrected chi connectivity index (χ0v) is 17.1. The molecule has 2 atom stereocenters. The van der Waals surface area contributed by atoms with Gasteiger partial charge in [0.1, 0.15) is 6.17 Å². The number of carbonyl (C=O) groups is 2. The number of hydrogen-bond donors (Lipinski definition) is 2. The van der Waals surface area contributed by atoms with Crippen LogP contribution in [0.4, 0.5) is 11.4 Å². The molecule has 0 bridgehead atoms. The van der Waals surface area contributed by atoms with E-state index in [4.69, 9.17) is 4.99 Å². The number of aliphatic imine (C=N–C) groups is 1. The molecule has 0 radical (unpaired) electrons. The van der Waals surface area contributed by atoms with E-state index in [1.54, 1.807) is 16.8 Å². The van der Waals surface area contributed by atoms with Crippen molar-refractivity contribution in [3.8, 4) is 0 Å². The maximum Gasteiger partial charge on any atom is 0.241 e. The summed E-state index contributed by atoms with van der Waals surface area (Å²) in [6.07, 6.45) is -0.311. The Labute approximate surface area is 174 Å². The molecular weight excluding hydrogens is 386 g/mol. The van der Waals surface area contributed by atoms with Gasteiger partial charge in [0.15, 0.2) is 5.17 Å². The third-order valence-corrected chi connectivity index (χ3v) is 5.97. The van der Waals surface area contributed by atoms with Crippen molar-refractivity contribution in [2.45, 2.75) is 13.1 Å². The maximum atomic E-state index is 13.1. The second-order valence-electron chi connectivity index (χ2n) is 7.08. The zero-order valence-electron chi connectivity index (χ0n) is 16.3. The number of nitrogens with zero attached hydrogens (tertiary/aromatic N) is 3. The molecule has 150 valence electrons. The number of benzene rings is 2. The van der Waals surface area contributed by atoms with Crippen LogP contribution in [-0.2, 0) is 9.59 Å². The molecule has 2 heterocycles. The summed E-state index contributed by atoms with van der Waals surface area (Å²) in [5.41, 5.74) is 8.75. The Hall–Kier alpha value is -2.68. The highest BCUT2D eigenvalue weighted by Gasteiger charge is 2.42. The van der Waals surface area contributed by atoms with E-state index in [1.165, 1.54) is 11.8 Å². The van der Waals surface area contributed by atoms with Gasteiger partial charge in [-0.15, -0.1) is 0 Å². The minimum atomic E-state index is -0.311. The van der Waals surface area contributed by atoms with E-state index in [0.717, 1.165) is 16.9 Å². The molecule has 0 aromatic heterocycles. The first-order valence-electron chi connectivity index (χ1n) is 9.46. The van der Waals surface area contributed by atoms with Crippen molar-refractivity contribution in [2.75, 3.05) is 29.1 Å². The summed E-state index contributed by atoms with van der Waals surface area (Å²) in [6, 6.07) is 17.2.